The fourth-order valence-corrected chi connectivity index (χ4v) is 3.22. The highest BCUT2D eigenvalue weighted by atomic mass is 16.5. The van der Waals surface area contributed by atoms with Crippen LogP contribution in [0.4, 0.5) is 5.69 Å². The topological polar surface area (TPSA) is 84.9 Å². The minimum atomic E-state index is -0.678. The van der Waals surface area contributed by atoms with Crippen LogP contribution in [0.1, 0.15) is 19.8 Å². The summed E-state index contributed by atoms with van der Waals surface area (Å²) in [5.74, 6) is 0.0602. The van der Waals surface area contributed by atoms with E-state index in [1.165, 1.54) is 13.0 Å². The predicted octanol–water partition coefficient (Wildman–Crippen LogP) is 1.22. The Morgan fingerprint density at radius 1 is 1.31 bits per heavy atom. The summed E-state index contributed by atoms with van der Waals surface area (Å²) < 4.78 is 10.5. The number of β-lactam (4-membered cyclic amide) rings is 1. The van der Waals surface area contributed by atoms with E-state index >= 15 is 0 Å². The number of carbonyl (C=O) groups excluding carboxylic acids is 3. The van der Waals surface area contributed by atoms with Gasteiger partial charge in [0.25, 0.3) is 5.91 Å². The molecule has 1 aromatic rings. The van der Waals surface area contributed by atoms with Crippen molar-refractivity contribution in [3.8, 4) is 5.75 Å². The quantitative estimate of drug-likeness (QED) is 0.610. The highest BCUT2D eigenvalue weighted by molar-refractivity contribution is 6.08. The molecular weight excluding hydrogens is 336 g/mol. The number of hydrogen-bond donors (Lipinski definition) is 1. The minimum Gasteiger partial charge on any atom is -0.497 e. The molecule has 1 unspecified atom stereocenters. The van der Waals surface area contributed by atoms with Crippen LogP contribution >= 0.6 is 0 Å². The zero-order valence-electron chi connectivity index (χ0n) is 14.8. The van der Waals surface area contributed by atoms with E-state index < -0.39 is 18.2 Å². The van der Waals surface area contributed by atoms with Crippen LogP contribution in [-0.4, -0.2) is 49.5 Å². The van der Waals surface area contributed by atoms with Gasteiger partial charge in [-0.3, -0.25) is 14.4 Å². The third kappa shape index (κ3) is 3.62. The molecule has 1 N–H and O–H groups in total. The Hall–Kier alpha value is -2.67. The monoisotopic (exact) mass is 358 g/mol. The van der Waals surface area contributed by atoms with E-state index in [2.05, 4.69) is 5.32 Å². The van der Waals surface area contributed by atoms with Crippen molar-refractivity contribution in [2.24, 2.45) is 0 Å². The maximum absolute atomic E-state index is 12.5. The van der Waals surface area contributed by atoms with Gasteiger partial charge < -0.3 is 19.7 Å². The van der Waals surface area contributed by atoms with E-state index in [9.17, 15) is 14.4 Å². The lowest BCUT2D eigenvalue weighted by molar-refractivity contribution is -0.131. The van der Waals surface area contributed by atoms with Gasteiger partial charge in [-0.05, 0) is 43.2 Å². The number of rotatable bonds is 6. The molecule has 2 aliphatic heterocycles. The molecule has 26 heavy (non-hydrogen) atoms. The molecule has 2 amide bonds. The van der Waals surface area contributed by atoms with Crippen molar-refractivity contribution >= 4 is 23.3 Å². The lowest BCUT2D eigenvalue weighted by Crippen LogP contribution is -2.70. The summed E-state index contributed by atoms with van der Waals surface area (Å²) in [6.45, 7) is 1.96. The van der Waals surface area contributed by atoms with Crippen LogP contribution in [0.25, 0.3) is 0 Å². The van der Waals surface area contributed by atoms with Crippen molar-refractivity contribution in [3.63, 3.8) is 0 Å². The highest BCUT2D eigenvalue weighted by Crippen LogP contribution is 2.30. The molecule has 1 aromatic carbocycles. The number of carbonyl (C=O) groups is 3. The molecule has 2 heterocycles. The molecule has 7 heteroatoms. The van der Waals surface area contributed by atoms with Gasteiger partial charge in [-0.25, -0.2) is 0 Å². The smallest absolute Gasteiger partial charge is 0.252 e. The second-order valence-electron chi connectivity index (χ2n) is 6.34. The Labute approximate surface area is 151 Å². The van der Waals surface area contributed by atoms with E-state index in [4.69, 9.17) is 9.47 Å². The fourth-order valence-electron chi connectivity index (χ4n) is 3.22. The molecule has 0 saturated carbocycles. The number of ether oxygens (including phenoxy) is 2. The fraction of sp³-hybridized carbons (Fsp3) is 0.421. The Balaban J connectivity index is 1.78. The van der Waals surface area contributed by atoms with Crippen molar-refractivity contribution in [1.29, 1.82) is 0 Å². The maximum atomic E-state index is 12.5. The van der Waals surface area contributed by atoms with Crippen molar-refractivity contribution in [2.75, 3.05) is 18.6 Å². The molecular formula is C19H22N2O5. The van der Waals surface area contributed by atoms with Gasteiger partial charge in [-0.2, -0.15) is 0 Å². The van der Waals surface area contributed by atoms with Crippen LogP contribution in [0.3, 0.4) is 0 Å². The van der Waals surface area contributed by atoms with Crippen LogP contribution in [0, 0.1) is 0 Å². The number of nitrogens with zero attached hydrogens (tertiary/aromatic N) is 1. The maximum Gasteiger partial charge on any atom is 0.252 e. The van der Waals surface area contributed by atoms with E-state index in [1.54, 1.807) is 42.4 Å². The van der Waals surface area contributed by atoms with Crippen LogP contribution in [0.5, 0.6) is 5.75 Å². The molecule has 0 radical (unpaired) electrons. The minimum absolute atomic E-state index is 0.113. The van der Waals surface area contributed by atoms with Gasteiger partial charge in [0.2, 0.25) is 5.91 Å². The van der Waals surface area contributed by atoms with Crippen LogP contribution in [0.2, 0.25) is 0 Å². The Morgan fingerprint density at radius 3 is 2.62 bits per heavy atom. The van der Waals surface area contributed by atoms with Gasteiger partial charge in [0.1, 0.15) is 17.9 Å². The van der Waals surface area contributed by atoms with Gasteiger partial charge in [0, 0.05) is 19.2 Å². The largest absolute Gasteiger partial charge is 0.497 e. The molecule has 7 nitrogen and oxygen atoms in total. The van der Waals surface area contributed by atoms with Gasteiger partial charge in [-0.15, -0.1) is 0 Å². The first-order chi connectivity index (χ1) is 12.5. The third-order valence-electron chi connectivity index (χ3n) is 4.56. The Kier molecular flexibility index (Phi) is 5.37. The zero-order chi connectivity index (χ0) is 18.7. The lowest BCUT2D eigenvalue weighted by atomic mass is 9.92. The van der Waals surface area contributed by atoms with Gasteiger partial charge >= 0.3 is 0 Å². The first-order valence-electron chi connectivity index (χ1n) is 8.59. The van der Waals surface area contributed by atoms with Gasteiger partial charge in [0.15, 0.2) is 5.78 Å². The van der Waals surface area contributed by atoms with Gasteiger partial charge in [-0.1, -0.05) is 6.08 Å². The second kappa shape index (κ2) is 7.70. The predicted molar refractivity (Wildman–Crippen MR) is 95.0 cm³/mol. The lowest BCUT2D eigenvalue weighted by Gasteiger charge is -2.45. The summed E-state index contributed by atoms with van der Waals surface area (Å²) in [4.78, 5) is 37.7. The van der Waals surface area contributed by atoms with E-state index in [1.807, 2.05) is 0 Å². The first kappa shape index (κ1) is 18.1. The average molecular weight is 358 g/mol. The molecule has 0 aromatic heterocycles. The van der Waals surface area contributed by atoms with Crippen LogP contribution < -0.4 is 15.0 Å². The number of ketones is 1. The normalized spacial score (nSPS) is 25.2. The summed E-state index contributed by atoms with van der Waals surface area (Å²) in [6, 6.07) is 5.94. The van der Waals surface area contributed by atoms with E-state index in [0.29, 0.717) is 24.5 Å². The summed E-state index contributed by atoms with van der Waals surface area (Å²) in [7, 11) is 1.57. The number of benzene rings is 1. The number of anilines is 1. The SMILES string of the molecule is COc1ccc(N2C(=O)[C@@H](NC(C)=O)[C@H]2C=CC(=O)C2CCCO2)cc1. The Morgan fingerprint density at radius 2 is 2.04 bits per heavy atom. The average Bonchev–Trinajstić information content (AvgIpc) is 3.17. The second-order valence-corrected chi connectivity index (χ2v) is 6.34. The van der Waals surface area contributed by atoms with Gasteiger partial charge in [0.05, 0.1) is 13.2 Å². The summed E-state index contributed by atoms with van der Waals surface area (Å²) in [6.07, 6.45) is 4.30. The molecule has 2 fully saturated rings. The third-order valence-corrected chi connectivity index (χ3v) is 4.56. The summed E-state index contributed by atoms with van der Waals surface area (Å²) >= 11 is 0. The number of hydrogen-bond acceptors (Lipinski definition) is 5. The molecule has 3 atom stereocenters. The highest BCUT2D eigenvalue weighted by Gasteiger charge is 2.47. The molecule has 138 valence electrons. The van der Waals surface area contributed by atoms with E-state index in [-0.39, 0.29) is 17.6 Å². The number of nitrogens with one attached hydrogen (secondary N) is 1. The molecule has 3 rings (SSSR count). The molecule has 0 spiro atoms. The number of methoxy groups -OCH3 is 1. The van der Waals surface area contributed by atoms with Crippen molar-refractivity contribution in [1.82, 2.24) is 5.32 Å². The number of amides is 2. The van der Waals surface area contributed by atoms with E-state index in [0.717, 1.165) is 6.42 Å². The standard InChI is InChI=1S/C19H22N2O5/c1-12(22)20-18-15(9-10-16(23)17-4-3-11-26-17)21(19(18)24)13-5-7-14(25-2)8-6-13/h5-10,15,17-18H,3-4,11H2,1-2H3,(H,20,22)/t15-,17?,18+/m1/s1. The molecule has 0 bridgehead atoms. The molecule has 2 aliphatic rings. The molecule has 2 saturated heterocycles. The van der Waals surface area contributed by atoms with Crippen LogP contribution in [-0.2, 0) is 19.1 Å². The van der Waals surface area contributed by atoms with Crippen LogP contribution in [0.15, 0.2) is 36.4 Å². The van der Waals surface area contributed by atoms with Crippen molar-refractivity contribution in [3.05, 3.63) is 36.4 Å². The molecule has 0 aliphatic carbocycles. The first-order valence-corrected chi connectivity index (χ1v) is 8.59. The Bertz CT molecular complexity index is 722. The summed E-state index contributed by atoms with van der Waals surface area (Å²) in [5, 5.41) is 2.65. The zero-order valence-corrected chi connectivity index (χ0v) is 14.8. The summed E-state index contributed by atoms with van der Waals surface area (Å²) in [5.41, 5.74) is 0.677. The van der Waals surface area contributed by atoms with Crippen molar-refractivity contribution < 1.29 is 23.9 Å². The van der Waals surface area contributed by atoms with Crippen molar-refractivity contribution in [2.45, 2.75) is 38.0 Å².